The second-order valence-corrected chi connectivity index (χ2v) is 12.2. The predicted octanol–water partition coefficient (Wildman–Crippen LogP) is 4.99. The van der Waals surface area contributed by atoms with Crippen molar-refractivity contribution in [3.63, 3.8) is 0 Å². The number of nitrogens with zero attached hydrogens (tertiary/aromatic N) is 2. The summed E-state index contributed by atoms with van der Waals surface area (Å²) in [6.45, 7) is 5.96. The van der Waals surface area contributed by atoms with Crippen LogP contribution in [0.15, 0.2) is 36.4 Å². The van der Waals surface area contributed by atoms with Crippen LogP contribution < -0.4 is 19.1 Å². The van der Waals surface area contributed by atoms with Gasteiger partial charge in [-0.2, -0.15) is 0 Å². The highest BCUT2D eigenvalue weighted by atomic mass is 35.5. The highest BCUT2D eigenvalue weighted by molar-refractivity contribution is 7.92. The van der Waals surface area contributed by atoms with Crippen LogP contribution in [0.4, 0.5) is 5.69 Å². The zero-order valence-electron chi connectivity index (χ0n) is 22.6. The van der Waals surface area contributed by atoms with Gasteiger partial charge in [-0.1, -0.05) is 43.1 Å². The Morgan fingerprint density at radius 1 is 1.05 bits per heavy atom. The average Bonchev–Trinajstić information content (AvgIpc) is 3.34. The maximum atomic E-state index is 13.6. The number of sulfonamides is 1. The van der Waals surface area contributed by atoms with E-state index in [1.807, 2.05) is 20.8 Å². The topological polar surface area (TPSA) is 105 Å². The fourth-order valence-corrected chi connectivity index (χ4v) is 5.66. The molecule has 0 radical (unpaired) electrons. The van der Waals surface area contributed by atoms with Crippen LogP contribution >= 0.6 is 23.2 Å². The summed E-state index contributed by atoms with van der Waals surface area (Å²) in [6, 6.07) is 9.13. The lowest BCUT2D eigenvalue weighted by Crippen LogP contribution is -2.50. The van der Waals surface area contributed by atoms with Crippen LogP contribution in [0.1, 0.15) is 52.0 Å². The molecule has 214 valence electrons. The van der Waals surface area contributed by atoms with Gasteiger partial charge in [-0.25, -0.2) is 8.42 Å². The van der Waals surface area contributed by atoms with E-state index in [2.05, 4.69) is 5.32 Å². The van der Waals surface area contributed by atoms with Crippen molar-refractivity contribution in [2.24, 2.45) is 0 Å². The van der Waals surface area contributed by atoms with E-state index >= 15 is 0 Å². The normalized spacial score (nSPS) is 14.0. The van der Waals surface area contributed by atoms with Crippen molar-refractivity contribution in [1.29, 1.82) is 0 Å². The Labute approximate surface area is 240 Å². The minimum atomic E-state index is -3.64. The molecule has 3 rings (SSSR count). The fourth-order valence-electron chi connectivity index (χ4n) is 4.24. The smallest absolute Gasteiger partial charge is 0.243 e. The SMILES string of the molecule is CC[C@H](C)NC(=O)[C@H](CC)N(Cc1ccc(Cl)cc1Cl)C(=O)CCCN(c1ccc2c(c1)OCO2)S(C)(=O)=O. The van der Waals surface area contributed by atoms with E-state index in [9.17, 15) is 18.0 Å². The molecule has 2 aromatic rings. The van der Waals surface area contributed by atoms with Crippen molar-refractivity contribution in [3.05, 3.63) is 52.0 Å². The van der Waals surface area contributed by atoms with E-state index < -0.39 is 16.1 Å². The van der Waals surface area contributed by atoms with Gasteiger partial charge in [0.05, 0.1) is 11.9 Å². The minimum Gasteiger partial charge on any atom is -0.454 e. The van der Waals surface area contributed by atoms with E-state index in [1.54, 1.807) is 36.4 Å². The minimum absolute atomic E-state index is 0.0227. The first kappa shape index (κ1) is 30.8. The van der Waals surface area contributed by atoms with Gasteiger partial charge in [0.25, 0.3) is 0 Å². The number of carbonyl (C=O) groups is 2. The average molecular weight is 601 g/mol. The van der Waals surface area contributed by atoms with Crippen molar-refractivity contribution >= 4 is 50.7 Å². The summed E-state index contributed by atoms with van der Waals surface area (Å²) in [5, 5.41) is 3.82. The van der Waals surface area contributed by atoms with Gasteiger partial charge in [0, 0.05) is 41.7 Å². The highest BCUT2D eigenvalue weighted by Gasteiger charge is 2.30. The summed E-state index contributed by atoms with van der Waals surface area (Å²) in [5.41, 5.74) is 1.07. The van der Waals surface area contributed by atoms with E-state index in [-0.39, 0.29) is 50.6 Å². The number of ether oxygens (including phenoxy) is 2. The van der Waals surface area contributed by atoms with Gasteiger partial charge in [-0.05, 0) is 56.0 Å². The Bertz CT molecular complexity index is 1290. The summed E-state index contributed by atoms with van der Waals surface area (Å²) >= 11 is 12.4. The fraction of sp³-hybridized carbons (Fsp3) is 0.481. The van der Waals surface area contributed by atoms with Crippen molar-refractivity contribution in [3.8, 4) is 11.5 Å². The maximum Gasteiger partial charge on any atom is 0.243 e. The van der Waals surface area contributed by atoms with Crippen LogP contribution in [0.2, 0.25) is 10.0 Å². The largest absolute Gasteiger partial charge is 0.454 e. The molecule has 0 saturated carbocycles. The van der Waals surface area contributed by atoms with Crippen molar-refractivity contribution in [1.82, 2.24) is 10.2 Å². The van der Waals surface area contributed by atoms with Crippen LogP contribution in [-0.4, -0.2) is 56.8 Å². The Balaban J connectivity index is 1.79. The first-order valence-electron chi connectivity index (χ1n) is 12.9. The predicted molar refractivity (Wildman–Crippen MR) is 153 cm³/mol. The molecule has 1 aliphatic rings. The molecule has 1 heterocycles. The van der Waals surface area contributed by atoms with Crippen LogP contribution in [0.5, 0.6) is 11.5 Å². The van der Waals surface area contributed by atoms with E-state index in [0.717, 1.165) is 12.7 Å². The number of benzene rings is 2. The van der Waals surface area contributed by atoms with Crippen LogP contribution in [0.25, 0.3) is 0 Å². The van der Waals surface area contributed by atoms with Crippen molar-refractivity contribution < 1.29 is 27.5 Å². The standard InChI is InChI=1S/C27H35Cl2N3O6S/c1-5-18(3)30-27(34)23(6-2)31(16-19-9-10-20(28)14-22(19)29)26(33)8-7-13-32(39(4,35)36)21-11-12-24-25(15-21)38-17-37-24/h9-12,14-15,18,23H,5-8,13,16-17H2,1-4H3,(H,30,34)/t18-,23-/m0/s1. The number of fused-ring (bicyclic) bond motifs is 1. The lowest BCUT2D eigenvalue weighted by atomic mass is 10.1. The van der Waals surface area contributed by atoms with Gasteiger partial charge in [-0.3, -0.25) is 13.9 Å². The Hall–Kier alpha value is -2.69. The molecule has 39 heavy (non-hydrogen) atoms. The lowest BCUT2D eigenvalue weighted by molar-refractivity contribution is -0.141. The molecule has 1 aliphatic heterocycles. The van der Waals surface area contributed by atoms with E-state index in [1.165, 1.54) is 9.21 Å². The second kappa shape index (κ2) is 13.6. The number of hydrogen-bond acceptors (Lipinski definition) is 6. The third-order valence-corrected chi connectivity index (χ3v) is 8.32. The number of anilines is 1. The van der Waals surface area contributed by atoms with Gasteiger partial charge < -0.3 is 19.7 Å². The zero-order chi connectivity index (χ0) is 28.7. The molecule has 2 atom stereocenters. The molecular weight excluding hydrogens is 565 g/mol. The molecule has 1 N–H and O–H groups in total. The third kappa shape index (κ3) is 8.16. The third-order valence-electron chi connectivity index (χ3n) is 6.54. The quantitative estimate of drug-likeness (QED) is 0.348. The van der Waals surface area contributed by atoms with Crippen molar-refractivity contribution in [2.75, 3.05) is 23.9 Å². The molecule has 0 spiro atoms. The zero-order valence-corrected chi connectivity index (χ0v) is 24.9. The molecule has 0 aliphatic carbocycles. The maximum absolute atomic E-state index is 13.6. The number of halogens is 2. The molecule has 0 fully saturated rings. The van der Waals surface area contributed by atoms with Crippen LogP contribution in [0.3, 0.4) is 0 Å². The van der Waals surface area contributed by atoms with Crippen molar-refractivity contribution in [2.45, 2.75) is 65.1 Å². The number of rotatable bonds is 13. The van der Waals surface area contributed by atoms with Gasteiger partial charge in [0.2, 0.25) is 28.6 Å². The molecule has 0 saturated heterocycles. The molecule has 12 heteroatoms. The van der Waals surface area contributed by atoms with E-state index in [0.29, 0.717) is 39.2 Å². The lowest BCUT2D eigenvalue weighted by Gasteiger charge is -2.32. The summed E-state index contributed by atoms with van der Waals surface area (Å²) in [4.78, 5) is 28.2. The first-order valence-corrected chi connectivity index (χ1v) is 15.5. The molecule has 0 bridgehead atoms. The Morgan fingerprint density at radius 3 is 2.41 bits per heavy atom. The van der Waals surface area contributed by atoms with E-state index in [4.69, 9.17) is 32.7 Å². The molecule has 2 aromatic carbocycles. The van der Waals surface area contributed by atoms with Crippen LogP contribution in [0, 0.1) is 0 Å². The molecular formula is C27H35Cl2N3O6S. The van der Waals surface area contributed by atoms with Gasteiger partial charge in [0.1, 0.15) is 6.04 Å². The van der Waals surface area contributed by atoms with Gasteiger partial charge >= 0.3 is 0 Å². The Kier molecular flexibility index (Phi) is 10.7. The molecule has 0 aromatic heterocycles. The first-order chi connectivity index (χ1) is 18.4. The summed E-state index contributed by atoms with van der Waals surface area (Å²) in [5.74, 6) is 0.469. The van der Waals surface area contributed by atoms with Gasteiger partial charge in [0.15, 0.2) is 11.5 Å². The Morgan fingerprint density at radius 2 is 1.77 bits per heavy atom. The summed E-state index contributed by atoms with van der Waals surface area (Å²) < 4.78 is 37.1. The molecule has 9 nitrogen and oxygen atoms in total. The highest BCUT2D eigenvalue weighted by Crippen LogP contribution is 2.36. The second-order valence-electron chi connectivity index (χ2n) is 9.48. The number of amides is 2. The number of nitrogens with one attached hydrogen (secondary N) is 1. The summed E-state index contributed by atoms with van der Waals surface area (Å²) in [6.07, 6.45) is 2.51. The number of hydrogen-bond donors (Lipinski definition) is 1. The molecule has 0 unspecified atom stereocenters. The monoisotopic (exact) mass is 599 g/mol. The van der Waals surface area contributed by atoms with Crippen LogP contribution in [-0.2, 0) is 26.2 Å². The van der Waals surface area contributed by atoms with Gasteiger partial charge in [-0.15, -0.1) is 0 Å². The molecule has 2 amide bonds. The number of carbonyl (C=O) groups excluding carboxylic acids is 2. The summed E-state index contributed by atoms with van der Waals surface area (Å²) in [7, 11) is -3.64.